The van der Waals surface area contributed by atoms with Gasteiger partial charge in [-0.25, -0.2) is 0 Å². The molecule has 2 heteroatoms. The monoisotopic (exact) mass is 302 g/mol. The predicted octanol–water partition coefficient (Wildman–Crippen LogP) is 4.13. The highest BCUT2D eigenvalue weighted by Crippen LogP contribution is 2.66. The molecule has 7 atom stereocenters. The first-order valence-electron chi connectivity index (χ1n) is 9.27. The summed E-state index contributed by atoms with van der Waals surface area (Å²) < 4.78 is 0. The molecule has 22 heavy (non-hydrogen) atoms. The van der Waals surface area contributed by atoms with Crippen LogP contribution in [0.5, 0.6) is 0 Å². The number of hydrogen-bond donors (Lipinski definition) is 1. The summed E-state index contributed by atoms with van der Waals surface area (Å²) in [6.45, 7) is 6.98. The lowest BCUT2D eigenvalue weighted by Gasteiger charge is -2.60. The van der Waals surface area contributed by atoms with Gasteiger partial charge in [0.15, 0.2) is 5.78 Å². The van der Waals surface area contributed by atoms with Crippen LogP contribution in [-0.4, -0.2) is 17.0 Å². The number of ketones is 1. The van der Waals surface area contributed by atoms with Crippen LogP contribution in [0.2, 0.25) is 0 Å². The van der Waals surface area contributed by atoms with Crippen LogP contribution in [0.25, 0.3) is 0 Å². The molecule has 4 rings (SSSR count). The third-order valence-electron chi connectivity index (χ3n) is 8.53. The van der Waals surface area contributed by atoms with Crippen molar-refractivity contribution in [2.24, 2.45) is 34.5 Å². The van der Waals surface area contributed by atoms with E-state index in [1.807, 2.05) is 6.08 Å². The smallest absolute Gasteiger partial charge is 0.155 e. The van der Waals surface area contributed by atoms with Gasteiger partial charge in [-0.3, -0.25) is 4.79 Å². The van der Waals surface area contributed by atoms with Crippen LogP contribution in [0.15, 0.2) is 11.6 Å². The molecule has 4 aliphatic carbocycles. The first kappa shape index (κ1) is 14.9. The van der Waals surface area contributed by atoms with Crippen molar-refractivity contribution in [3.63, 3.8) is 0 Å². The Morgan fingerprint density at radius 1 is 1.09 bits per heavy atom. The molecule has 4 aliphatic rings. The Bertz CT molecular complexity index is 536. The molecule has 3 saturated carbocycles. The van der Waals surface area contributed by atoms with Gasteiger partial charge in [-0.15, -0.1) is 0 Å². The minimum atomic E-state index is -0.0893. The Morgan fingerprint density at radius 2 is 1.86 bits per heavy atom. The van der Waals surface area contributed by atoms with Crippen molar-refractivity contribution in [3.8, 4) is 0 Å². The van der Waals surface area contributed by atoms with Crippen molar-refractivity contribution in [3.05, 3.63) is 11.6 Å². The van der Waals surface area contributed by atoms with Gasteiger partial charge in [0.2, 0.25) is 0 Å². The zero-order valence-electron chi connectivity index (χ0n) is 14.3. The second kappa shape index (κ2) is 4.69. The van der Waals surface area contributed by atoms with E-state index in [2.05, 4.69) is 20.8 Å². The molecule has 3 fully saturated rings. The first-order chi connectivity index (χ1) is 10.4. The van der Waals surface area contributed by atoms with Gasteiger partial charge >= 0.3 is 0 Å². The van der Waals surface area contributed by atoms with Crippen LogP contribution in [0, 0.1) is 34.5 Å². The van der Waals surface area contributed by atoms with Gasteiger partial charge in [-0.1, -0.05) is 19.4 Å². The van der Waals surface area contributed by atoms with Crippen molar-refractivity contribution >= 4 is 5.78 Å². The molecule has 2 nitrogen and oxygen atoms in total. The van der Waals surface area contributed by atoms with Crippen molar-refractivity contribution in [2.75, 3.05) is 0 Å². The maximum Gasteiger partial charge on any atom is 0.155 e. The molecule has 0 spiro atoms. The van der Waals surface area contributed by atoms with Crippen LogP contribution < -0.4 is 0 Å². The Morgan fingerprint density at radius 3 is 2.64 bits per heavy atom. The van der Waals surface area contributed by atoms with Gasteiger partial charge in [-0.2, -0.15) is 0 Å². The van der Waals surface area contributed by atoms with Crippen LogP contribution in [0.4, 0.5) is 0 Å². The van der Waals surface area contributed by atoms with Gasteiger partial charge in [0, 0.05) is 6.42 Å². The first-order valence-corrected chi connectivity index (χ1v) is 9.27. The van der Waals surface area contributed by atoms with Gasteiger partial charge in [0.05, 0.1) is 6.10 Å². The molecule has 0 heterocycles. The summed E-state index contributed by atoms with van der Waals surface area (Å²) in [5.41, 5.74) is 1.73. The zero-order valence-corrected chi connectivity index (χ0v) is 14.3. The van der Waals surface area contributed by atoms with Crippen LogP contribution >= 0.6 is 0 Å². The Labute approximate surface area is 134 Å². The van der Waals surface area contributed by atoms with Gasteiger partial charge in [0.25, 0.3) is 0 Å². The predicted molar refractivity (Wildman–Crippen MR) is 87.3 cm³/mol. The maximum absolute atomic E-state index is 12.0. The quantitative estimate of drug-likeness (QED) is 0.730. The Balaban J connectivity index is 1.72. The number of allylic oxidation sites excluding steroid dienone is 2. The maximum atomic E-state index is 12.0. The minimum Gasteiger partial charge on any atom is -0.393 e. The second-order valence-corrected chi connectivity index (χ2v) is 9.07. The summed E-state index contributed by atoms with van der Waals surface area (Å²) in [4.78, 5) is 12.0. The SMILES string of the molecule is CC1=CC(=O)C[C@@H]2CCC3C4CCC(O)C4(C)CCC3C12C. The average molecular weight is 302 g/mol. The Kier molecular flexibility index (Phi) is 3.18. The molecule has 0 aliphatic heterocycles. The van der Waals surface area contributed by atoms with E-state index in [0.29, 0.717) is 17.6 Å². The summed E-state index contributed by atoms with van der Waals surface area (Å²) in [7, 11) is 0. The van der Waals surface area contributed by atoms with E-state index >= 15 is 0 Å². The molecule has 6 unspecified atom stereocenters. The van der Waals surface area contributed by atoms with E-state index in [9.17, 15) is 9.90 Å². The zero-order chi connectivity index (χ0) is 15.7. The molecular weight excluding hydrogens is 272 g/mol. The summed E-state index contributed by atoms with van der Waals surface area (Å²) in [6, 6.07) is 0. The molecule has 0 bridgehead atoms. The average Bonchev–Trinajstić information content (AvgIpc) is 2.77. The normalized spacial score (nSPS) is 54.3. The molecule has 0 amide bonds. The van der Waals surface area contributed by atoms with Crippen molar-refractivity contribution in [2.45, 2.75) is 71.8 Å². The van der Waals surface area contributed by atoms with E-state index in [4.69, 9.17) is 0 Å². The van der Waals surface area contributed by atoms with Gasteiger partial charge in [0.1, 0.15) is 0 Å². The third-order valence-corrected chi connectivity index (χ3v) is 8.53. The molecule has 0 aromatic carbocycles. The summed E-state index contributed by atoms with van der Waals surface area (Å²) >= 11 is 0. The number of rotatable bonds is 0. The number of aliphatic hydroxyl groups is 1. The minimum absolute atomic E-state index is 0.0893. The largest absolute Gasteiger partial charge is 0.393 e. The van der Waals surface area contributed by atoms with E-state index in [0.717, 1.165) is 24.7 Å². The fraction of sp³-hybridized carbons (Fsp3) is 0.850. The Hall–Kier alpha value is -0.630. The lowest BCUT2D eigenvalue weighted by molar-refractivity contribution is -0.125. The molecule has 122 valence electrons. The highest BCUT2D eigenvalue weighted by atomic mass is 16.3. The van der Waals surface area contributed by atoms with Crippen molar-refractivity contribution < 1.29 is 9.90 Å². The van der Waals surface area contributed by atoms with Crippen molar-refractivity contribution in [1.82, 2.24) is 0 Å². The number of aliphatic hydroxyl groups excluding tert-OH is 1. The van der Waals surface area contributed by atoms with E-state index in [1.165, 1.54) is 37.7 Å². The topological polar surface area (TPSA) is 37.3 Å². The van der Waals surface area contributed by atoms with Crippen LogP contribution in [0.3, 0.4) is 0 Å². The lowest BCUT2D eigenvalue weighted by atomic mass is 9.45. The van der Waals surface area contributed by atoms with E-state index < -0.39 is 0 Å². The summed E-state index contributed by atoms with van der Waals surface area (Å²) in [5, 5.41) is 10.5. The number of carbonyl (C=O) groups is 1. The fourth-order valence-corrected chi connectivity index (χ4v) is 7.03. The van der Waals surface area contributed by atoms with Gasteiger partial charge in [-0.05, 0) is 86.0 Å². The number of hydrogen-bond acceptors (Lipinski definition) is 2. The molecule has 0 saturated heterocycles. The van der Waals surface area contributed by atoms with Crippen LogP contribution in [0.1, 0.15) is 65.7 Å². The second-order valence-electron chi connectivity index (χ2n) is 9.07. The number of fused-ring (bicyclic) bond motifs is 5. The highest BCUT2D eigenvalue weighted by molar-refractivity contribution is 5.91. The summed E-state index contributed by atoms with van der Waals surface area (Å²) in [6.07, 6.45) is 9.71. The van der Waals surface area contributed by atoms with Gasteiger partial charge < -0.3 is 5.11 Å². The van der Waals surface area contributed by atoms with Crippen LogP contribution in [-0.2, 0) is 4.79 Å². The molecule has 0 aromatic heterocycles. The highest BCUT2D eigenvalue weighted by Gasteiger charge is 2.60. The standard InChI is InChI=1S/C20H30O2/c1-12-10-14(21)11-13-4-5-15-16-6-7-18(22)19(16,2)9-8-17(15)20(12,13)3/h10,13,15-18,22H,4-9,11H2,1-3H3/t13-,15?,16?,17?,18?,19?,20?/m0/s1. The molecule has 0 radical (unpaired) electrons. The van der Waals surface area contributed by atoms with E-state index in [-0.39, 0.29) is 16.9 Å². The number of carbonyl (C=O) groups excluding carboxylic acids is 1. The van der Waals surface area contributed by atoms with Crippen molar-refractivity contribution in [1.29, 1.82) is 0 Å². The molecular formula is C20H30O2. The van der Waals surface area contributed by atoms with E-state index in [1.54, 1.807) is 0 Å². The lowest BCUT2D eigenvalue weighted by Crippen LogP contribution is -2.54. The molecule has 0 aromatic rings. The summed E-state index contributed by atoms with van der Waals surface area (Å²) in [5.74, 6) is 3.08. The molecule has 1 N–H and O–H groups in total. The third kappa shape index (κ3) is 1.74. The fourth-order valence-electron chi connectivity index (χ4n) is 7.03.